The molecule has 2 aromatic carbocycles. The van der Waals surface area contributed by atoms with Crippen LogP contribution < -0.4 is 25.8 Å². The van der Waals surface area contributed by atoms with Crippen LogP contribution in [-0.4, -0.2) is 48.5 Å². The number of amides is 1. The van der Waals surface area contributed by atoms with Crippen LogP contribution in [0.2, 0.25) is 0 Å². The first kappa shape index (κ1) is 25.6. The number of ether oxygens (including phenoxy) is 1. The number of rotatable bonds is 5. The number of carbonyl (C=O) groups excluding carboxylic acids is 1. The average molecular weight is 532 g/mol. The Balaban J connectivity index is 1.67. The number of alkyl halides is 3. The first-order valence-electron chi connectivity index (χ1n) is 12.0. The van der Waals surface area contributed by atoms with Crippen molar-refractivity contribution in [2.75, 3.05) is 37.0 Å². The Labute approximate surface area is 215 Å². The van der Waals surface area contributed by atoms with Crippen LogP contribution in [-0.2, 0) is 17.4 Å². The second-order valence-electron chi connectivity index (χ2n) is 9.28. The van der Waals surface area contributed by atoms with Gasteiger partial charge in [0.15, 0.2) is 11.6 Å². The average Bonchev–Trinajstić information content (AvgIpc) is 3.54. The Morgan fingerprint density at radius 2 is 2.00 bits per heavy atom. The molecule has 8 nitrogen and oxygen atoms in total. The summed E-state index contributed by atoms with van der Waals surface area (Å²) in [5.74, 6) is -0.839. The third-order valence-corrected chi connectivity index (χ3v) is 6.77. The fourth-order valence-electron chi connectivity index (χ4n) is 5.03. The number of anilines is 2. The highest BCUT2D eigenvalue weighted by Crippen LogP contribution is 2.38. The molecule has 38 heavy (non-hydrogen) atoms. The summed E-state index contributed by atoms with van der Waals surface area (Å²) in [7, 11) is 1.30. The third kappa shape index (κ3) is 4.66. The minimum Gasteiger partial charge on any atom is -0.494 e. The van der Waals surface area contributed by atoms with Crippen molar-refractivity contribution in [2.24, 2.45) is 0 Å². The molecule has 1 amide bonds. The summed E-state index contributed by atoms with van der Waals surface area (Å²) in [6.07, 6.45) is -3.70. The minimum absolute atomic E-state index is 0.0532. The van der Waals surface area contributed by atoms with Gasteiger partial charge in [0.2, 0.25) is 5.91 Å². The van der Waals surface area contributed by atoms with E-state index in [2.05, 4.69) is 15.7 Å². The van der Waals surface area contributed by atoms with Gasteiger partial charge in [0.1, 0.15) is 5.69 Å². The van der Waals surface area contributed by atoms with Crippen LogP contribution in [0.25, 0.3) is 16.9 Å². The van der Waals surface area contributed by atoms with E-state index in [1.165, 1.54) is 44.4 Å². The molecule has 0 saturated carbocycles. The normalized spacial score (nSPS) is 16.8. The van der Waals surface area contributed by atoms with Crippen molar-refractivity contribution in [1.29, 1.82) is 0 Å². The van der Waals surface area contributed by atoms with E-state index in [1.807, 2.05) is 4.90 Å². The van der Waals surface area contributed by atoms with Crippen LogP contribution in [0.3, 0.4) is 0 Å². The van der Waals surface area contributed by atoms with Crippen LogP contribution in [0.1, 0.15) is 24.5 Å². The number of carbonyl (C=O) groups is 1. The number of benzene rings is 2. The number of fused-ring (bicyclic) bond motifs is 1. The maximum absolute atomic E-state index is 14.1. The summed E-state index contributed by atoms with van der Waals surface area (Å²) in [6, 6.07) is 7.48. The fourth-order valence-corrected chi connectivity index (χ4v) is 5.03. The molecule has 2 aliphatic heterocycles. The Morgan fingerprint density at radius 1 is 1.21 bits per heavy atom. The summed E-state index contributed by atoms with van der Waals surface area (Å²) >= 11 is 0. The number of nitrogens with one attached hydrogen (secondary N) is 2. The summed E-state index contributed by atoms with van der Waals surface area (Å²) in [5, 5.41) is 10.2. The Kier molecular flexibility index (Phi) is 6.49. The van der Waals surface area contributed by atoms with E-state index in [4.69, 9.17) is 4.74 Å². The maximum atomic E-state index is 14.1. The van der Waals surface area contributed by atoms with Gasteiger partial charge in [-0.2, -0.15) is 23.0 Å². The molecular formula is C26H25F4N5O3. The molecule has 200 valence electrons. The van der Waals surface area contributed by atoms with Gasteiger partial charge in [0, 0.05) is 49.4 Å². The molecule has 1 atom stereocenters. The highest BCUT2D eigenvalue weighted by atomic mass is 19.4. The predicted octanol–water partition coefficient (Wildman–Crippen LogP) is 3.75. The highest BCUT2D eigenvalue weighted by Gasteiger charge is 2.36. The van der Waals surface area contributed by atoms with Crippen LogP contribution in [0.4, 0.5) is 28.9 Å². The Bertz CT molecular complexity index is 1470. The molecule has 0 radical (unpaired) electrons. The van der Waals surface area contributed by atoms with Gasteiger partial charge in [-0.15, -0.1) is 0 Å². The second kappa shape index (κ2) is 9.66. The Morgan fingerprint density at radius 3 is 2.71 bits per heavy atom. The largest absolute Gasteiger partial charge is 0.494 e. The zero-order valence-corrected chi connectivity index (χ0v) is 20.7. The second-order valence-corrected chi connectivity index (χ2v) is 9.28. The van der Waals surface area contributed by atoms with E-state index in [-0.39, 0.29) is 29.1 Å². The molecule has 5 rings (SSSR count). The van der Waals surface area contributed by atoms with Gasteiger partial charge >= 0.3 is 6.18 Å². The number of nitrogens with zero attached hydrogens (tertiary/aromatic N) is 3. The van der Waals surface area contributed by atoms with Crippen molar-refractivity contribution in [3.8, 4) is 22.7 Å². The molecule has 1 fully saturated rings. The molecule has 1 unspecified atom stereocenters. The lowest BCUT2D eigenvalue weighted by Gasteiger charge is -2.22. The van der Waals surface area contributed by atoms with E-state index >= 15 is 0 Å². The summed E-state index contributed by atoms with van der Waals surface area (Å²) in [4.78, 5) is 26.7. The standard InChI is InChI=1S/C26H25F4N5O3/c1-14(36)32-16-8-10-34(13-16)17-4-5-19(26(28,29)30)21(12-17)35-25(37)24-18(7-9-31-24)23(33-35)15-3-6-20(27)22(11-15)38-2/h3-6,11-12,16,31H,7-10,13H2,1-2H3,(H,32,36). The van der Waals surface area contributed by atoms with E-state index in [0.717, 1.165) is 10.7 Å². The van der Waals surface area contributed by atoms with Gasteiger partial charge in [-0.3, -0.25) is 9.59 Å². The topological polar surface area (TPSA) is 88.5 Å². The number of hydrogen-bond donors (Lipinski definition) is 2. The van der Waals surface area contributed by atoms with Crippen LogP contribution in [0.15, 0.2) is 41.2 Å². The monoisotopic (exact) mass is 531 g/mol. The lowest BCUT2D eigenvalue weighted by Crippen LogP contribution is -2.35. The molecule has 0 spiro atoms. The SMILES string of the molecule is COc1cc(-c2nn(-c3cc(N4CCC(NC(C)=O)C4)ccc3C(F)(F)F)c(=O)c3c2CCN3)ccc1F. The molecule has 12 heteroatoms. The number of aromatic nitrogens is 2. The van der Waals surface area contributed by atoms with Gasteiger partial charge in [-0.1, -0.05) is 0 Å². The summed E-state index contributed by atoms with van der Waals surface area (Å²) < 4.78 is 62.3. The molecule has 3 heterocycles. The van der Waals surface area contributed by atoms with Gasteiger partial charge in [0.25, 0.3) is 5.56 Å². The molecule has 1 aromatic heterocycles. The highest BCUT2D eigenvalue weighted by molar-refractivity contribution is 5.74. The smallest absolute Gasteiger partial charge is 0.418 e. The number of halogens is 4. The van der Waals surface area contributed by atoms with Crippen molar-refractivity contribution in [3.05, 3.63) is 63.7 Å². The van der Waals surface area contributed by atoms with Crippen LogP contribution in [0.5, 0.6) is 5.75 Å². The zero-order chi connectivity index (χ0) is 27.2. The first-order valence-corrected chi connectivity index (χ1v) is 12.0. The van der Waals surface area contributed by atoms with Crippen LogP contribution >= 0.6 is 0 Å². The molecule has 2 aliphatic rings. The molecule has 1 saturated heterocycles. The molecule has 3 aromatic rings. The molecule has 2 N–H and O–H groups in total. The van der Waals surface area contributed by atoms with Crippen molar-refractivity contribution in [1.82, 2.24) is 15.1 Å². The zero-order valence-electron chi connectivity index (χ0n) is 20.7. The summed E-state index contributed by atoms with van der Waals surface area (Å²) in [6.45, 7) is 2.75. The lowest BCUT2D eigenvalue weighted by molar-refractivity contribution is -0.137. The summed E-state index contributed by atoms with van der Waals surface area (Å²) in [5.41, 5.74) is -0.328. The van der Waals surface area contributed by atoms with Crippen molar-refractivity contribution in [3.63, 3.8) is 0 Å². The van der Waals surface area contributed by atoms with Crippen molar-refractivity contribution >= 4 is 17.3 Å². The van der Waals surface area contributed by atoms with Crippen molar-refractivity contribution < 1.29 is 27.1 Å². The number of methoxy groups -OCH3 is 1. The van der Waals surface area contributed by atoms with E-state index in [0.29, 0.717) is 49.3 Å². The first-order chi connectivity index (χ1) is 18.1. The molecule has 0 bridgehead atoms. The Hall–Kier alpha value is -4.09. The van der Waals surface area contributed by atoms with Gasteiger partial charge in [-0.05, 0) is 49.2 Å². The van der Waals surface area contributed by atoms with Gasteiger partial charge in [-0.25, -0.2) is 4.39 Å². The van der Waals surface area contributed by atoms with Gasteiger partial charge in [0.05, 0.1) is 24.1 Å². The lowest BCUT2D eigenvalue weighted by atomic mass is 10.0. The van der Waals surface area contributed by atoms with Crippen molar-refractivity contribution in [2.45, 2.75) is 32.0 Å². The molecular weight excluding hydrogens is 506 g/mol. The molecule has 0 aliphatic carbocycles. The third-order valence-electron chi connectivity index (χ3n) is 6.77. The minimum atomic E-state index is -4.76. The number of hydrogen-bond acceptors (Lipinski definition) is 6. The van der Waals surface area contributed by atoms with E-state index < -0.39 is 28.8 Å². The fraction of sp³-hybridized carbons (Fsp3) is 0.346. The predicted molar refractivity (Wildman–Crippen MR) is 133 cm³/mol. The van der Waals surface area contributed by atoms with E-state index in [1.54, 1.807) is 0 Å². The van der Waals surface area contributed by atoms with Gasteiger partial charge < -0.3 is 20.3 Å². The maximum Gasteiger partial charge on any atom is 0.418 e. The quantitative estimate of drug-likeness (QED) is 0.488. The van der Waals surface area contributed by atoms with Crippen LogP contribution in [0, 0.1) is 5.82 Å². The van der Waals surface area contributed by atoms with E-state index in [9.17, 15) is 27.2 Å².